The van der Waals surface area contributed by atoms with Crippen molar-refractivity contribution in [2.75, 3.05) is 0 Å². The summed E-state index contributed by atoms with van der Waals surface area (Å²) in [6.45, 7) is 4.53. The Balaban J connectivity index is 2.30. The lowest BCUT2D eigenvalue weighted by molar-refractivity contribution is 0.175. The van der Waals surface area contributed by atoms with Crippen LogP contribution in [0.3, 0.4) is 0 Å². The third-order valence-corrected chi connectivity index (χ3v) is 4.22. The molecule has 1 atom stereocenters. The maximum atomic E-state index is 10.4. The number of aliphatic hydroxyl groups excluding tert-OH is 1. The predicted octanol–water partition coefficient (Wildman–Crippen LogP) is 4.45. The third kappa shape index (κ3) is 3.12. The first-order chi connectivity index (χ1) is 9.43. The second-order valence-corrected chi connectivity index (χ2v) is 5.77. The molecule has 0 radical (unpaired) electrons. The first-order valence-corrected chi connectivity index (χ1v) is 7.42. The van der Waals surface area contributed by atoms with E-state index in [2.05, 4.69) is 5.10 Å². The lowest BCUT2D eigenvalue weighted by Crippen LogP contribution is -2.09. The summed E-state index contributed by atoms with van der Waals surface area (Å²) in [5.41, 5.74) is 2.21. The highest BCUT2D eigenvalue weighted by Gasteiger charge is 2.19. The number of halogens is 3. The number of rotatable bonds is 4. The minimum atomic E-state index is -0.751. The smallest absolute Gasteiger partial charge is 0.0860 e. The van der Waals surface area contributed by atoms with E-state index in [4.69, 9.17) is 34.8 Å². The van der Waals surface area contributed by atoms with Crippen molar-refractivity contribution in [1.82, 2.24) is 9.78 Å². The second kappa shape index (κ2) is 6.35. The fraction of sp³-hybridized carbons (Fsp3) is 0.357. The van der Waals surface area contributed by atoms with Gasteiger partial charge in [0.1, 0.15) is 0 Å². The van der Waals surface area contributed by atoms with Crippen LogP contribution in [0.1, 0.15) is 30.0 Å². The maximum Gasteiger partial charge on any atom is 0.0860 e. The van der Waals surface area contributed by atoms with Gasteiger partial charge in [-0.25, -0.2) is 0 Å². The summed E-state index contributed by atoms with van der Waals surface area (Å²) in [6.07, 6.45) is -0.395. The third-order valence-electron chi connectivity index (χ3n) is 3.16. The van der Waals surface area contributed by atoms with Crippen molar-refractivity contribution in [3.05, 3.63) is 50.2 Å². The minimum Gasteiger partial charge on any atom is -0.388 e. The summed E-state index contributed by atoms with van der Waals surface area (Å²) in [6, 6.07) is 5.05. The molecule has 0 saturated heterocycles. The van der Waals surface area contributed by atoms with Crippen LogP contribution in [0.4, 0.5) is 0 Å². The molecule has 1 aromatic heterocycles. The number of benzene rings is 1. The largest absolute Gasteiger partial charge is 0.388 e. The molecule has 20 heavy (non-hydrogen) atoms. The van der Waals surface area contributed by atoms with E-state index >= 15 is 0 Å². The molecule has 0 fully saturated rings. The summed E-state index contributed by atoms with van der Waals surface area (Å²) >= 11 is 18.2. The molecule has 0 aliphatic carbocycles. The topological polar surface area (TPSA) is 38.0 Å². The molecule has 0 spiro atoms. The van der Waals surface area contributed by atoms with Gasteiger partial charge in [-0.1, -0.05) is 40.9 Å². The Morgan fingerprint density at radius 3 is 2.60 bits per heavy atom. The van der Waals surface area contributed by atoms with Crippen molar-refractivity contribution >= 4 is 34.8 Å². The van der Waals surface area contributed by atoms with Gasteiger partial charge in [0.2, 0.25) is 0 Å². The van der Waals surface area contributed by atoms with E-state index in [9.17, 15) is 5.11 Å². The van der Waals surface area contributed by atoms with Crippen LogP contribution in [0.25, 0.3) is 0 Å². The van der Waals surface area contributed by atoms with Crippen molar-refractivity contribution in [3.8, 4) is 0 Å². The molecular formula is C14H15Cl3N2O. The number of aryl methyl sites for hydroxylation is 2. The van der Waals surface area contributed by atoms with Crippen molar-refractivity contribution in [2.24, 2.45) is 0 Å². The minimum absolute atomic E-state index is 0.356. The Hall–Kier alpha value is -0.740. The van der Waals surface area contributed by atoms with E-state index in [1.54, 1.807) is 22.9 Å². The van der Waals surface area contributed by atoms with Gasteiger partial charge in [0, 0.05) is 23.0 Å². The normalized spacial score (nSPS) is 12.7. The van der Waals surface area contributed by atoms with Gasteiger partial charge >= 0.3 is 0 Å². The van der Waals surface area contributed by atoms with Crippen molar-refractivity contribution in [1.29, 1.82) is 0 Å². The van der Waals surface area contributed by atoms with Crippen molar-refractivity contribution in [2.45, 2.75) is 32.9 Å². The average Bonchev–Trinajstić information content (AvgIpc) is 2.66. The lowest BCUT2D eigenvalue weighted by Gasteiger charge is -2.14. The van der Waals surface area contributed by atoms with Crippen molar-refractivity contribution < 1.29 is 5.11 Å². The van der Waals surface area contributed by atoms with Gasteiger partial charge in [0.25, 0.3) is 0 Å². The molecule has 2 rings (SSSR count). The van der Waals surface area contributed by atoms with Crippen LogP contribution in [0, 0.1) is 6.92 Å². The molecule has 1 heterocycles. The molecule has 0 bridgehead atoms. The molecule has 3 nitrogen and oxygen atoms in total. The summed E-state index contributed by atoms with van der Waals surface area (Å²) in [4.78, 5) is 0. The highest BCUT2D eigenvalue weighted by atomic mass is 35.5. The fourth-order valence-electron chi connectivity index (χ4n) is 2.13. The molecule has 0 saturated carbocycles. The molecule has 0 aliphatic heterocycles. The number of aliphatic hydroxyl groups is 1. The Morgan fingerprint density at radius 2 is 2.00 bits per heavy atom. The van der Waals surface area contributed by atoms with Gasteiger partial charge in [-0.15, -0.1) is 0 Å². The van der Waals surface area contributed by atoms with E-state index in [-0.39, 0.29) is 0 Å². The molecule has 2 aromatic rings. The highest BCUT2D eigenvalue weighted by molar-refractivity contribution is 6.35. The predicted molar refractivity (Wildman–Crippen MR) is 82.8 cm³/mol. The van der Waals surface area contributed by atoms with Crippen LogP contribution in [0.2, 0.25) is 15.1 Å². The van der Waals surface area contributed by atoms with Crippen molar-refractivity contribution in [3.63, 3.8) is 0 Å². The van der Waals surface area contributed by atoms with Gasteiger partial charge in [0.05, 0.1) is 22.5 Å². The molecule has 1 aromatic carbocycles. The van der Waals surface area contributed by atoms with Gasteiger partial charge < -0.3 is 5.11 Å². The first-order valence-electron chi connectivity index (χ1n) is 6.28. The Morgan fingerprint density at radius 1 is 1.30 bits per heavy atom. The number of hydrogen-bond donors (Lipinski definition) is 1. The zero-order valence-electron chi connectivity index (χ0n) is 11.2. The van der Waals surface area contributed by atoms with E-state index in [0.29, 0.717) is 33.6 Å². The van der Waals surface area contributed by atoms with Crippen LogP contribution in [0.5, 0.6) is 0 Å². The molecule has 1 N–H and O–H groups in total. The maximum absolute atomic E-state index is 10.4. The quantitative estimate of drug-likeness (QED) is 0.897. The zero-order valence-corrected chi connectivity index (χ0v) is 13.5. The van der Waals surface area contributed by atoms with E-state index in [1.165, 1.54) is 0 Å². The van der Waals surface area contributed by atoms with Gasteiger partial charge in [0.15, 0.2) is 0 Å². The molecule has 0 aliphatic rings. The number of nitrogens with zero attached hydrogens (tertiary/aromatic N) is 2. The summed E-state index contributed by atoms with van der Waals surface area (Å²) < 4.78 is 1.80. The standard InChI is InChI=1S/C14H15Cl3N2O/c1-3-19-12(14(17)8(2)18-19)7-13(20)10-5-4-9(15)6-11(10)16/h4-6,13,20H,3,7H2,1-2H3. The fourth-order valence-corrected chi connectivity index (χ4v) is 2.88. The first kappa shape index (κ1) is 15.6. The molecule has 6 heteroatoms. The van der Waals surface area contributed by atoms with Crippen LogP contribution >= 0.6 is 34.8 Å². The van der Waals surface area contributed by atoms with Crippen LogP contribution < -0.4 is 0 Å². The summed E-state index contributed by atoms with van der Waals surface area (Å²) in [7, 11) is 0. The summed E-state index contributed by atoms with van der Waals surface area (Å²) in [5.74, 6) is 0. The van der Waals surface area contributed by atoms with Crippen LogP contribution in [-0.2, 0) is 13.0 Å². The average molecular weight is 334 g/mol. The highest BCUT2D eigenvalue weighted by Crippen LogP contribution is 2.31. The zero-order chi connectivity index (χ0) is 14.9. The van der Waals surface area contributed by atoms with Crippen LogP contribution in [-0.4, -0.2) is 14.9 Å². The van der Waals surface area contributed by atoms with Gasteiger partial charge in [-0.2, -0.15) is 5.10 Å². The molecule has 108 valence electrons. The molecule has 0 amide bonds. The Bertz CT molecular complexity index is 625. The van der Waals surface area contributed by atoms with Crippen LogP contribution in [0.15, 0.2) is 18.2 Å². The Labute approximate surface area is 133 Å². The Kier molecular flexibility index (Phi) is 4.97. The van der Waals surface area contributed by atoms with E-state index < -0.39 is 6.10 Å². The molecule has 1 unspecified atom stereocenters. The number of hydrogen-bond acceptors (Lipinski definition) is 2. The van der Waals surface area contributed by atoms with E-state index in [0.717, 1.165) is 11.4 Å². The van der Waals surface area contributed by atoms with Gasteiger partial charge in [-0.3, -0.25) is 4.68 Å². The summed E-state index contributed by atoms with van der Waals surface area (Å²) in [5, 5.41) is 16.3. The van der Waals surface area contributed by atoms with E-state index in [1.807, 2.05) is 13.8 Å². The SMILES string of the molecule is CCn1nc(C)c(Cl)c1CC(O)c1ccc(Cl)cc1Cl. The monoisotopic (exact) mass is 332 g/mol. The lowest BCUT2D eigenvalue weighted by atomic mass is 10.0. The number of aromatic nitrogens is 2. The molecular weight excluding hydrogens is 319 g/mol. The van der Waals surface area contributed by atoms with Gasteiger partial charge in [-0.05, 0) is 31.5 Å². The second-order valence-electron chi connectivity index (χ2n) is 4.55.